The van der Waals surface area contributed by atoms with Crippen molar-refractivity contribution in [1.82, 2.24) is 9.88 Å². The van der Waals surface area contributed by atoms with E-state index < -0.39 is 0 Å². The van der Waals surface area contributed by atoms with Crippen molar-refractivity contribution >= 4 is 23.2 Å². The summed E-state index contributed by atoms with van der Waals surface area (Å²) >= 11 is 5.91. The Morgan fingerprint density at radius 1 is 1.36 bits per heavy atom. The van der Waals surface area contributed by atoms with Gasteiger partial charge in [-0.2, -0.15) is 0 Å². The largest absolute Gasteiger partial charge is 0.497 e. The second-order valence-corrected chi connectivity index (χ2v) is 5.27. The third-order valence-electron chi connectivity index (χ3n) is 3.03. The zero-order valence-electron chi connectivity index (χ0n) is 12.5. The molecular weight excluding hydrogens is 302 g/mol. The van der Waals surface area contributed by atoms with E-state index in [0.29, 0.717) is 12.2 Å². The van der Waals surface area contributed by atoms with Crippen LogP contribution in [0.15, 0.2) is 42.6 Å². The van der Waals surface area contributed by atoms with Crippen LogP contribution in [0.25, 0.3) is 0 Å². The molecule has 0 aliphatic rings. The molecule has 1 amide bonds. The van der Waals surface area contributed by atoms with E-state index in [1.807, 2.05) is 36.2 Å². The van der Waals surface area contributed by atoms with E-state index in [1.165, 1.54) is 0 Å². The van der Waals surface area contributed by atoms with Crippen molar-refractivity contribution in [3.8, 4) is 5.75 Å². The van der Waals surface area contributed by atoms with Crippen LogP contribution in [0.2, 0.25) is 5.15 Å². The van der Waals surface area contributed by atoms with E-state index in [2.05, 4.69) is 10.3 Å². The Morgan fingerprint density at radius 2 is 2.18 bits per heavy atom. The maximum atomic E-state index is 12.0. The van der Waals surface area contributed by atoms with Crippen LogP contribution >= 0.6 is 11.6 Å². The third kappa shape index (κ3) is 4.72. The van der Waals surface area contributed by atoms with Gasteiger partial charge in [-0.15, -0.1) is 0 Å². The number of carbonyl (C=O) groups is 1. The van der Waals surface area contributed by atoms with Crippen LogP contribution in [-0.2, 0) is 11.3 Å². The normalized spacial score (nSPS) is 10.5. The Morgan fingerprint density at radius 3 is 2.91 bits per heavy atom. The predicted molar refractivity (Wildman–Crippen MR) is 87.2 cm³/mol. The summed E-state index contributed by atoms with van der Waals surface area (Å²) in [5.74, 6) is 0.665. The Kier molecular flexibility index (Phi) is 5.75. The molecule has 1 aromatic carbocycles. The fourth-order valence-electron chi connectivity index (χ4n) is 2.05. The first-order valence-corrected chi connectivity index (χ1v) is 7.18. The maximum Gasteiger partial charge on any atom is 0.238 e. The minimum Gasteiger partial charge on any atom is -0.497 e. The van der Waals surface area contributed by atoms with Gasteiger partial charge in [0.25, 0.3) is 0 Å². The highest BCUT2D eigenvalue weighted by Gasteiger charge is 2.10. The van der Waals surface area contributed by atoms with Crippen molar-refractivity contribution in [2.45, 2.75) is 6.54 Å². The van der Waals surface area contributed by atoms with Crippen LogP contribution in [-0.4, -0.2) is 36.5 Å². The monoisotopic (exact) mass is 319 g/mol. The number of amides is 1. The van der Waals surface area contributed by atoms with Crippen molar-refractivity contribution in [3.05, 3.63) is 53.3 Å². The molecule has 1 aromatic heterocycles. The molecule has 0 aliphatic carbocycles. The number of rotatable bonds is 6. The molecule has 0 fully saturated rings. The molecule has 5 nitrogen and oxygen atoms in total. The zero-order valence-corrected chi connectivity index (χ0v) is 13.3. The molecule has 0 saturated carbocycles. The van der Waals surface area contributed by atoms with Crippen LogP contribution in [0.5, 0.6) is 5.75 Å². The fraction of sp³-hybridized carbons (Fsp3) is 0.250. The van der Waals surface area contributed by atoms with Crippen LogP contribution in [0, 0.1) is 0 Å². The molecule has 22 heavy (non-hydrogen) atoms. The van der Waals surface area contributed by atoms with Gasteiger partial charge in [0.05, 0.1) is 19.3 Å². The van der Waals surface area contributed by atoms with Crippen molar-refractivity contribution in [2.24, 2.45) is 0 Å². The molecule has 2 rings (SSSR count). The number of ether oxygens (including phenoxy) is 1. The van der Waals surface area contributed by atoms with E-state index in [1.54, 1.807) is 25.4 Å². The molecular formula is C16H18ClN3O2. The number of likely N-dealkylation sites (N-methyl/N-ethyl adjacent to an activating group) is 1. The van der Waals surface area contributed by atoms with E-state index in [4.69, 9.17) is 16.3 Å². The van der Waals surface area contributed by atoms with Gasteiger partial charge in [-0.05, 0) is 36.9 Å². The lowest BCUT2D eigenvalue weighted by Crippen LogP contribution is -2.29. The fourth-order valence-corrected chi connectivity index (χ4v) is 2.22. The summed E-state index contributed by atoms with van der Waals surface area (Å²) in [6, 6.07) is 11.2. The van der Waals surface area contributed by atoms with Crippen LogP contribution in [0.4, 0.5) is 5.69 Å². The quantitative estimate of drug-likeness (QED) is 0.832. The first-order valence-electron chi connectivity index (χ1n) is 6.80. The van der Waals surface area contributed by atoms with Gasteiger partial charge in [0.2, 0.25) is 5.91 Å². The molecule has 0 radical (unpaired) electrons. The number of hydrogen-bond acceptors (Lipinski definition) is 4. The first-order chi connectivity index (χ1) is 10.6. The number of anilines is 1. The van der Waals surface area contributed by atoms with Gasteiger partial charge < -0.3 is 10.1 Å². The molecule has 1 N–H and O–H groups in total. The van der Waals surface area contributed by atoms with Crippen LogP contribution in [0.3, 0.4) is 0 Å². The highest BCUT2D eigenvalue weighted by atomic mass is 35.5. The summed E-state index contributed by atoms with van der Waals surface area (Å²) in [5, 5.41) is 3.03. The van der Waals surface area contributed by atoms with Gasteiger partial charge in [0, 0.05) is 12.7 Å². The average molecular weight is 320 g/mol. The number of pyridine rings is 1. The van der Waals surface area contributed by atoms with E-state index >= 15 is 0 Å². The second-order valence-electron chi connectivity index (χ2n) is 4.91. The number of carbonyl (C=O) groups excluding carboxylic acids is 1. The van der Waals surface area contributed by atoms with Crippen molar-refractivity contribution in [2.75, 3.05) is 26.0 Å². The minimum atomic E-state index is -0.139. The van der Waals surface area contributed by atoms with Crippen LogP contribution < -0.4 is 10.1 Å². The molecule has 0 unspecified atom stereocenters. The lowest BCUT2D eigenvalue weighted by molar-refractivity contribution is -0.117. The highest BCUT2D eigenvalue weighted by molar-refractivity contribution is 6.32. The second kappa shape index (κ2) is 7.77. The molecule has 6 heteroatoms. The van der Waals surface area contributed by atoms with E-state index in [0.717, 1.165) is 11.3 Å². The van der Waals surface area contributed by atoms with E-state index in [9.17, 15) is 4.79 Å². The first kappa shape index (κ1) is 16.3. The third-order valence-corrected chi connectivity index (χ3v) is 3.33. The lowest BCUT2D eigenvalue weighted by Gasteiger charge is -2.17. The number of aromatic nitrogens is 1. The molecule has 0 aliphatic heterocycles. The summed E-state index contributed by atoms with van der Waals surface area (Å²) in [6.45, 7) is 0.897. The SMILES string of the molecule is COc1cccc(CN(C)CC(=O)Nc2cccnc2Cl)c1. The smallest absolute Gasteiger partial charge is 0.238 e. The van der Waals surface area contributed by atoms with Gasteiger partial charge in [-0.25, -0.2) is 4.98 Å². The number of halogens is 1. The van der Waals surface area contributed by atoms with Crippen molar-refractivity contribution in [3.63, 3.8) is 0 Å². The molecule has 0 bridgehead atoms. The van der Waals surface area contributed by atoms with E-state index in [-0.39, 0.29) is 17.6 Å². The molecule has 0 spiro atoms. The zero-order chi connectivity index (χ0) is 15.9. The van der Waals surface area contributed by atoms with Crippen molar-refractivity contribution in [1.29, 1.82) is 0 Å². The van der Waals surface area contributed by atoms with Gasteiger partial charge in [-0.3, -0.25) is 9.69 Å². The summed E-state index contributed by atoms with van der Waals surface area (Å²) in [4.78, 5) is 17.9. The number of hydrogen-bond donors (Lipinski definition) is 1. The predicted octanol–water partition coefficient (Wildman–Crippen LogP) is 2.81. The molecule has 0 saturated heterocycles. The number of nitrogens with zero attached hydrogens (tertiary/aromatic N) is 2. The molecule has 2 aromatic rings. The molecule has 116 valence electrons. The number of nitrogens with one attached hydrogen (secondary N) is 1. The summed E-state index contributed by atoms with van der Waals surface area (Å²) in [5.41, 5.74) is 1.60. The highest BCUT2D eigenvalue weighted by Crippen LogP contribution is 2.17. The summed E-state index contributed by atoms with van der Waals surface area (Å²) in [6.07, 6.45) is 1.58. The van der Waals surface area contributed by atoms with Crippen LogP contribution in [0.1, 0.15) is 5.56 Å². The maximum absolute atomic E-state index is 12.0. The topological polar surface area (TPSA) is 54.5 Å². The average Bonchev–Trinajstić information content (AvgIpc) is 2.49. The van der Waals surface area contributed by atoms with Gasteiger partial charge in [-0.1, -0.05) is 23.7 Å². The number of methoxy groups -OCH3 is 1. The summed E-state index contributed by atoms with van der Waals surface area (Å²) in [7, 11) is 3.51. The Bertz CT molecular complexity index is 649. The standard InChI is InChI=1S/C16H18ClN3O2/c1-20(10-12-5-3-6-13(9-12)22-2)11-15(21)19-14-7-4-8-18-16(14)17/h3-9H,10-11H2,1-2H3,(H,19,21). The Hall–Kier alpha value is -2.11. The Balaban J connectivity index is 1.89. The molecule has 0 atom stereocenters. The van der Waals surface area contributed by atoms with Gasteiger partial charge in [0.15, 0.2) is 5.15 Å². The Labute approximate surface area is 134 Å². The van der Waals surface area contributed by atoms with Gasteiger partial charge in [0.1, 0.15) is 5.75 Å². The minimum absolute atomic E-state index is 0.139. The summed E-state index contributed by atoms with van der Waals surface area (Å²) < 4.78 is 5.19. The van der Waals surface area contributed by atoms with Gasteiger partial charge >= 0.3 is 0 Å². The molecule has 1 heterocycles. The van der Waals surface area contributed by atoms with Crippen molar-refractivity contribution < 1.29 is 9.53 Å². The number of benzene rings is 1. The lowest BCUT2D eigenvalue weighted by atomic mass is 10.2.